The van der Waals surface area contributed by atoms with Crippen molar-refractivity contribution in [3.05, 3.63) is 48.3 Å². The van der Waals surface area contributed by atoms with Gasteiger partial charge in [0.1, 0.15) is 5.69 Å². The Morgan fingerprint density at radius 2 is 2.00 bits per heavy atom. The number of carbonyl (C=O) groups excluding carboxylic acids is 1. The van der Waals surface area contributed by atoms with Gasteiger partial charge in [-0.3, -0.25) is 9.78 Å². The van der Waals surface area contributed by atoms with Crippen LogP contribution in [-0.4, -0.2) is 37.2 Å². The van der Waals surface area contributed by atoms with Crippen LogP contribution in [0.4, 0.5) is 5.69 Å². The van der Waals surface area contributed by atoms with Gasteiger partial charge in [-0.05, 0) is 36.6 Å². The molecule has 1 aliphatic rings. The summed E-state index contributed by atoms with van der Waals surface area (Å²) in [5.74, 6) is -0.118. The predicted octanol–water partition coefficient (Wildman–Crippen LogP) is 2.70. The summed E-state index contributed by atoms with van der Waals surface area (Å²) in [4.78, 5) is 16.5. The van der Waals surface area contributed by atoms with E-state index >= 15 is 0 Å². The van der Waals surface area contributed by atoms with E-state index in [1.165, 1.54) is 0 Å². The van der Waals surface area contributed by atoms with Gasteiger partial charge < -0.3 is 15.4 Å². The molecule has 2 heterocycles. The van der Waals surface area contributed by atoms with Crippen LogP contribution in [0.25, 0.3) is 11.1 Å². The normalized spacial score (nSPS) is 15.2. The van der Waals surface area contributed by atoms with Crippen LogP contribution >= 0.6 is 0 Å². The number of nitrogens with zero attached hydrogens (tertiary/aromatic N) is 1. The topological polar surface area (TPSA) is 63.2 Å². The number of benzene rings is 1. The molecule has 0 aliphatic carbocycles. The number of nitrogens with one attached hydrogen (secondary N) is 2. The molecule has 0 saturated carbocycles. The zero-order valence-electron chi connectivity index (χ0n) is 13.2. The van der Waals surface area contributed by atoms with Gasteiger partial charge in [-0.2, -0.15) is 0 Å². The molecule has 5 nitrogen and oxygen atoms in total. The highest BCUT2D eigenvalue weighted by atomic mass is 16.5. The van der Waals surface area contributed by atoms with E-state index in [1.54, 1.807) is 12.3 Å². The second-order valence-electron chi connectivity index (χ2n) is 5.62. The van der Waals surface area contributed by atoms with Crippen molar-refractivity contribution in [2.24, 2.45) is 0 Å². The average molecular weight is 311 g/mol. The molecule has 3 rings (SSSR count). The molecule has 0 radical (unpaired) electrons. The summed E-state index contributed by atoms with van der Waals surface area (Å²) in [6.45, 7) is 1.41. The first-order valence-corrected chi connectivity index (χ1v) is 7.89. The van der Waals surface area contributed by atoms with E-state index in [1.807, 2.05) is 31.3 Å². The second kappa shape index (κ2) is 7.24. The van der Waals surface area contributed by atoms with Crippen LogP contribution in [-0.2, 0) is 4.74 Å². The minimum absolute atomic E-state index is 0.118. The summed E-state index contributed by atoms with van der Waals surface area (Å²) in [7, 11) is 1.89. The van der Waals surface area contributed by atoms with E-state index in [2.05, 4.69) is 21.7 Å². The van der Waals surface area contributed by atoms with Crippen LogP contribution in [0.5, 0.6) is 0 Å². The zero-order valence-corrected chi connectivity index (χ0v) is 13.2. The predicted molar refractivity (Wildman–Crippen MR) is 90.5 cm³/mol. The second-order valence-corrected chi connectivity index (χ2v) is 5.62. The fourth-order valence-corrected chi connectivity index (χ4v) is 2.65. The van der Waals surface area contributed by atoms with Gasteiger partial charge >= 0.3 is 0 Å². The number of pyridine rings is 1. The van der Waals surface area contributed by atoms with Crippen molar-refractivity contribution in [3.63, 3.8) is 0 Å². The fourth-order valence-electron chi connectivity index (χ4n) is 2.65. The van der Waals surface area contributed by atoms with Crippen molar-refractivity contribution in [2.75, 3.05) is 25.6 Å². The van der Waals surface area contributed by atoms with Crippen molar-refractivity contribution < 1.29 is 9.53 Å². The lowest BCUT2D eigenvalue weighted by molar-refractivity contribution is 0.0694. The highest BCUT2D eigenvalue weighted by Crippen LogP contribution is 2.22. The molecule has 5 heteroatoms. The van der Waals surface area contributed by atoms with Gasteiger partial charge in [0.2, 0.25) is 0 Å². The van der Waals surface area contributed by atoms with Crippen LogP contribution in [0.2, 0.25) is 0 Å². The summed E-state index contributed by atoms with van der Waals surface area (Å²) in [6.07, 6.45) is 3.47. The van der Waals surface area contributed by atoms with Crippen LogP contribution in [0, 0.1) is 0 Å². The average Bonchev–Trinajstić information content (AvgIpc) is 2.63. The molecule has 1 fully saturated rings. The molecule has 120 valence electrons. The first-order valence-electron chi connectivity index (χ1n) is 7.89. The molecular formula is C18H21N3O2. The molecule has 0 atom stereocenters. The number of aromatic nitrogens is 1. The molecule has 1 saturated heterocycles. The third-order valence-electron chi connectivity index (χ3n) is 4.04. The smallest absolute Gasteiger partial charge is 0.270 e. The van der Waals surface area contributed by atoms with Gasteiger partial charge in [-0.25, -0.2) is 0 Å². The molecule has 2 N–H and O–H groups in total. The van der Waals surface area contributed by atoms with E-state index < -0.39 is 0 Å². The van der Waals surface area contributed by atoms with Crippen molar-refractivity contribution in [1.82, 2.24) is 10.3 Å². The maximum Gasteiger partial charge on any atom is 0.270 e. The Balaban J connectivity index is 1.69. The number of ether oxygens (including phenoxy) is 1. The van der Waals surface area contributed by atoms with Crippen LogP contribution in [0.1, 0.15) is 23.3 Å². The van der Waals surface area contributed by atoms with Gasteiger partial charge in [0.25, 0.3) is 5.91 Å². The number of rotatable bonds is 4. The van der Waals surface area contributed by atoms with Crippen molar-refractivity contribution >= 4 is 11.6 Å². The standard InChI is InChI=1S/C18H21N3O2/c1-19-16-4-2-3-13(11-16)14-5-6-17(20-12-14)18(22)21-15-7-9-23-10-8-15/h2-6,11-12,15,19H,7-10H2,1H3,(H,21,22). The largest absolute Gasteiger partial charge is 0.388 e. The Morgan fingerprint density at radius 1 is 1.17 bits per heavy atom. The monoisotopic (exact) mass is 311 g/mol. The molecule has 2 aromatic rings. The van der Waals surface area contributed by atoms with E-state index in [9.17, 15) is 4.79 Å². The van der Waals surface area contributed by atoms with Crippen LogP contribution in [0.15, 0.2) is 42.6 Å². The molecule has 23 heavy (non-hydrogen) atoms. The Labute approximate surface area is 136 Å². The molecule has 0 spiro atoms. The number of hydrogen-bond donors (Lipinski definition) is 2. The number of anilines is 1. The lowest BCUT2D eigenvalue weighted by Gasteiger charge is -2.22. The number of amides is 1. The fraction of sp³-hybridized carbons (Fsp3) is 0.333. The maximum atomic E-state index is 12.2. The lowest BCUT2D eigenvalue weighted by Crippen LogP contribution is -2.39. The maximum absolute atomic E-state index is 12.2. The Kier molecular flexibility index (Phi) is 4.88. The molecule has 1 aliphatic heterocycles. The molecule has 1 aromatic carbocycles. The van der Waals surface area contributed by atoms with E-state index in [4.69, 9.17) is 4.74 Å². The first-order chi connectivity index (χ1) is 11.3. The van der Waals surface area contributed by atoms with E-state index in [-0.39, 0.29) is 11.9 Å². The molecule has 1 aromatic heterocycles. The zero-order chi connectivity index (χ0) is 16.1. The Morgan fingerprint density at radius 3 is 2.70 bits per heavy atom. The van der Waals surface area contributed by atoms with E-state index in [0.717, 1.165) is 29.7 Å². The quantitative estimate of drug-likeness (QED) is 0.911. The minimum Gasteiger partial charge on any atom is -0.388 e. The van der Waals surface area contributed by atoms with Gasteiger partial charge in [-0.15, -0.1) is 0 Å². The SMILES string of the molecule is CNc1cccc(-c2ccc(C(=O)NC3CCOCC3)nc2)c1. The van der Waals surface area contributed by atoms with Gasteiger partial charge in [0.15, 0.2) is 0 Å². The summed E-state index contributed by atoms with van der Waals surface area (Å²) < 4.78 is 5.30. The first kappa shape index (κ1) is 15.5. The third kappa shape index (κ3) is 3.87. The summed E-state index contributed by atoms with van der Waals surface area (Å²) in [6, 6.07) is 12.0. The van der Waals surface area contributed by atoms with Crippen molar-refractivity contribution in [3.8, 4) is 11.1 Å². The van der Waals surface area contributed by atoms with Crippen molar-refractivity contribution in [1.29, 1.82) is 0 Å². The molecule has 0 bridgehead atoms. The number of hydrogen-bond acceptors (Lipinski definition) is 4. The van der Waals surface area contributed by atoms with Crippen molar-refractivity contribution in [2.45, 2.75) is 18.9 Å². The lowest BCUT2D eigenvalue weighted by atomic mass is 10.1. The highest BCUT2D eigenvalue weighted by Gasteiger charge is 2.17. The van der Waals surface area contributed by atoms with Gasteiger partial charge in [0, 0.05) is 43.8 Å². The van der Waals surface area contributed by atoms with E-state index in [0.29, 0.717) is 18.9 Å². The summed E-state index contributed by atoms with van der Waals surface area (Å²) in [5, 5.41) is 6.14. The van der Waals surface area contributed by atoms with Crippen LogP contribution in [0.3, 0.4) is 0 Å². The Hall–Kier alpha value is -2.40. The number of carbonyl (C=O) groups is 1. The van der Waals surface area contributed by atoms with Crippen LogP contribution < -0.4 is 10.6 Å². The molecule has 1 amide bonds. The molecular weight excluding hydrogens is 290 g/mol. The summed E-state index contributed by atoms with van der Waals surface area (Å²) >= 11 is 0. The van der Waals surface area contributed by atoms with Gasteiger partial charge in [-0.1, -0.05) is 18.2 Å². The Bertz CT molecular complexity index is 664. The third-order valence-corrected chi connectivity index (χ3v) is 4.04. The minimum atomic E-state index is -0.118. The summed E-state index contributed by atoms with van der Waals surface area (Å²) in [5.41, 5.74) is 3.55. The van der Waals surface area contributed by atoms with Gasteiger partial charge in [0.05, 0.1) is 0 Å². The highest BCUT2D eigenvalue weighted by molar-refractivity contribution is 5.92. The molecule has 0 unspecified atom stereocenters.